The molecule has 4 rings (SSSR count). The smallest absolute Gasteiger partial charge is 0.302 e. The molecular formula is C29H50O2. The molecule has 31 heavy (non-hydrogen) atoms. The zero-order valence-electron chi connectivity index (χ0n) is 21.4. The first kappa shape index (κ1) is 23.6. The maximum absolute atomic E-state index is 11.9. The van der Waals surface area contributed by atoms with Crippen molar-refractivity contribution in [1.29, 1.82) is 0 Å². The molecule has 2 heteroatoms. The lowest BCUT2D eigenvalue weighted by Gasteiger charge is -2.62. The van der Waals surface area contributed by atoms with E-state index in [-0.39, 0.29) is 17.5 Å². The third kappa shape index (κ3) is 4.12. The highest BCUT2D eigenvalue weighted by molar-refractivity contribution is 5.66. The minimum atomic E-state index is -0.0641. The highest BCUT2D eigenvalue weighted by Crippen LogP contribution is 2.68. The van der Waals surface area contributed by atoms with E-state index in [1.165, 1.54) is 70.6 Å². The van der Waals surface area contributed by atoms with Gasteiger partial charge in [0, 0.05) is 12.3 Å². The van der Waals surface area contributed by atoms with Crippen LogP contribution in [0.1, 0.15) is 119 Å². The Bertz CT molecular complexity index is 641. The lowest BCUT2D eigenvalue weighted by atomic mass is 9.44. The number of fused-ring (bicyclic) bond motifs is 5. The van der Waals surface area contributed by atoms with E-state index in [9.17, 15) is 4.79 Å². The minimum Gasteiger partial charge on any atom is -0.462 e. The Morgan fingerprint density at radius 1 is 0.935 bits per heavy atom. The Morgan fingerprint density at radius 2 is 1.71 bits per heavy atom. The van der Waals surface area contributed by atoms with E-state index in [2.05, 4.69) is 34.6 Å². The van der Waals surface area contributed by atoms with Crippen LogP contribution < -0.4 is 0 Å². The Morgan fingerprint density at radius 3 is 2.42 bits per heavy atom. The van der Waals surface area contributed by atoms with Crippen LogP contribution in [0.3, 0.4) is 0 Å². The summed E-state index contributed by atoms with van der Waals surface area (Å²) >= 11 is 0. The van der Waals surface area contributed by atoms with Crippen molar-refractivity contribution in [3.05, 3.63) is 0 Å². The Kier molecular flexibility index (Phi) is 6.87. The van der Waals surface area contributed by atoms with Gasteiger partial charge in [0.25, 0.3) is 0 Å². The summed E-state index contributed by atoms with van der Waals surface area (Å²) in [4.78, 5) is 11.9. The molecule has 4 aliphatic rings. The summed E-state index contributed by atoms with van der Waals surface area (Å²) in [6.45, 7) is 14.1. The summed E-state index contributed by atoms with van der Waals surface area (Å²) in [5, 5.41) is 0. The lowest BCUT2D eigenvalue weighted by Crippen LogP contribution is -2.58. The van der Waals surface area contributed by atoms with E-state index in [0.29, 0.717) is 5.41 Å². The van der Waals surface area contributed by atoms with E-state index in [4.69, 9.17) is 4.74 Å². The Hall–Kier alpha value is -0.530. The maximum atomic E-state index is 11.9. The van der Waals surface area contributed by atoms with Crippen molar-refractivity contribution in [2.45, 2.75) is 125 Å². The number of hydrogen-bond donors (Lipinski definition) is 0. The lowest BCUT2D eigenvalue weighted by molar-refractivity contribution is -0.190. The average molecular weight is 431 g/mol. The second-order valence-corrected chi connectivity index (χ2v) is 13.1. The van der Waals surface area contributed by atoms with E-state index in [0.717, 1.165) is 47.8 Å². The molecule has 0 aliphatic heterocycles. The molecule has 0 spiro atoms. The van der Waals surface area contributed by atoms with E-state index >= 15 is 0 Å². The first-order valence-corrected chi connectivity index (χ1v) is 13.8. The molecule has 0 amide bonds. The van der Waals surface area contributed by atoms with Crippen molar-refractivity contribution in [2.75, 3.05) is 0 Å². The van der Waals surface area contributed by atoms with Crippen LogP contribution in [0.2, 0.25) is 0 Å². The van der Waals surface area contributed by atoms with Crippen LogP contribution in [0.4, 0.5) is 0 Å². The van der Waals surface area contributed by atoms with E-state index in [1.54, 1.807) is 6.92 Å². The molecule has 0 aromatic carbocycles. The van der Waals surface area contributed by atoms with Crippen LogP contribution in [0.5, 0.6) is 0 Å². The fourth-order valence-electron chi connectivity index (χ4n) is 9.70. The second-order valence-electron chi connectivity index (χ2n) is 13.1. The van der Waals surface area contributed by atoms with Gasteiger partial charge in [-0.3, -0.25) is 4.79 Å². The van der Waals surface area contributed by atoms with Crippen molar-refractivity contribution in [1.82, 2.24) is 0 Å². The van der Waals surface area contributed by atoms with Crippen LogP contribution in [0.25, 0.3) is 0 Å². The van der Waals surface area contributed by atoms with Crippen molar-refractivity contribution in [3.8, 4) is 0 Å². The summed E-state index contributed by atoms with van der Waals surface area (Å²) < 4.78 is 6.03. The SMILES string of the molecule is CC(=O)OC1CCCC2CC[C@@H]3[C@H](CC[C@]4(C)[C@@H]([C@H](C)CCCC(C)C)CC[C@@H]34)[C@]21C. The molecule has 0 saturated heterocycles. The van der Waals surface area contributed by atoms with Gasteiger partial charge in [-0.2, -0.15) is 0 Å². The third-order valence-electron chi connectivity index (χ3n) is 11.2. The summed E-state index contributed by atoms with van der Waals surface area (Å²) in [6, 6.07) is 0. The molecule has 0 aromatic rings. The third-order valence-corrected chi connectivity index (χ3v) is 11.2. The fraction of sp³-hybridized carbons (Fsp3) is 0.966. The molecule has 0 radical (unpaired) electrons. The van der Waals surface area contributed by atoms with Crippen molar-refractivity contribution in [2.24, 2.45) is 52.3 Å². The minimum absolute atomic E-state index is 0.0641. The first-order valence-electron chi connectivity index (χ1n) is 13.8. The highest BCUT2D eigenvalue weighted by Gasteiger charge is 2.62. The molecular weight excluding hydrogens is 380 g/mol. The molecule has 0 aromatic heterocycles. The predicted octanol–water partition coefficient (Wildman–Crippen LogP) is 8.04. The molecule has 0 heterocycles. The number of esters is 1. The number of carbonyl (C=O) groups is 1. The fourth-order valence-corrected chi connectivity index (χ4v) is 9.70. The molecule has 2 unspecified atom stereocenters. The maximum Gasteiger partial charge on any atom is 0.302 e. The van der Waals surface area contributed by atoms with Crippen LogP contribution in [0.15, 0.2) is 0 Å². The standard InChI is InChI=1S/C29H50O2/c1-19(2)9-7-10-20(3)24-15-16-25-23-14-13-22-11-8-12-27(31-21(4)30)29(22,6)26(23)17-18-28(24,25)5/h19-20,22-27H,7-18H2,1-6H3/t20-,22?,23+,24-,25+,26+,27?,28-,29+/m1/s1. The summed E-state index contributed by atoms with van der Waals surface area (Å²) in [6.07, 6.45) is 16.6. The van der Waals surface area contributed by atoms with Gasteiger partial charge in [0.1, 0.15) is 6.10 Å². The van der Waals surface area contributed by atoms with Crippen molar-refractivity contribution in [3.63, 3.8) is 0 Å². The quantitative estimate of drug-likeness (QED) is 0.398. The number of ether oxygens (including phenoxy) is 1. The second kappa shape index (κ2) is 9.02. The molecule has 0 bridgehead atoms. The first-order chi connectivity index (χ1) is 14.7. The summed E-state index contributed by atoms with van der Waals surface area (Å²) in [7, 11) is 0. The topological polar surface area (TPSA) is 26.3 Å². The Labute approximate surface area is 192 Å². The molecule has 178 valence electrons. The van der Waals surface area contributed by atoms with E-state index < -0.39 is 0 Å². The predicted molar refractivity (Wildman–Crippen MR) is 129 cm³/mol. The van der Waals surface area contributed by atoms with Crippen LogP contribution in [-0.4, -0.2) is 12.1 Å². The molecule has 4 fully saturated rings. The van der Waals surface area contributed by atoms with Crippen molar-refractivity contribution >= 4 is 5.97 Å². The van der Waals surface area contributed by atoms with Crippen LogP contribution >= 0.6 is 0 Å². The van der Waals surface area contributed by atoms with Gasteiger partial charge in [0.15, 0.2) is 0 Å². The molecule has 4 saturated carbocycles. The van der Waals surface area contributed by atoms with Crippen molar-refractivity contribution < 1.29 is 9.53 Å². The van der Waals surface area contributed by atoms with Gasteiger partial charge >= 0.3 is 5.97 Å². The number of carbonyl (C=O) groups excluding carboxylic acids is 1. The highest BCUT2D eigenvalue weighted by atomic mass is 16.5. The largest absolute Gasteiger partial charge is 0.462 e. The molecule has 2 nitrogen and oxygen atoms in total. The molecule has 9 atom stereocenters. The normalized spacial score (nSPS) is 45.5. The van der Waals surface area contributed by atoms with E-state index in [1.807, 2.05) is 0 Å². The monoisotopic (exact) mass is 430 g/mol. The van der Waals surface area contributed by atoms with Gasteiger partial charge in [0.05, 0.1) is 0 Å². The van der Waals surface area contributed by atoms with Gasteiger partial charge in [-0.25, -0.2) is 0 Å². The molecule has 4 aliphatic carbocycles. The number of rotatable bonds is 6. The van der Waals surface area contributed by atoms with Gasteiger partial charge < -0.3 is 4.74 Å². The summed E-state index contributed by atoms with van der Waals surface area (Å²) in [5.41, 5.74) is 0.766. The summed E-state index contributed by atoms with van der Waals surface area (Å²) in [5.74, 6) is 5.88. The van der Waals surface area contributed by atoms with Crippen LogP contribution in [0, 0.1) is 52.3 Å². The van der Waals surface area contributed by atoms with Gasteiger partial charge in [-0.05, 0) is 105 Å². The zero-order valence-corrected chi connectivity index (χ0v) is 21.4. The average Bonchev–Trinajstić information content (AvgIpc) is 3.05. The van der Waals surface area contributed by atoms with Gasteiger partial charge in [0.2, 0.25) is 0 Å². The van der Waals surface area contributed by atoms with Crippen LogP contribution in [-0.2, 0) is 9.53 Å². The molecule has 0 N–H and O–H groups in total. The Balaban J connectivity index is 1.51. The van der Waals surface area contributed by atoms with Gasteiger partial charge in [-0.15, -0.1) is 0 Å². The number of hydrogen-bond acceptors (Lipinski definition) is 2. The van der Waals surface area contributed by atoms with Gasteiger partial charge in [-0.1, -0.05) is 53.9 Å². The zero-order chi connectivity index (χ0) is 22.4.